The monoisotopic (exact) mass is 368 g/mol. The normalized spacial score (nSPS) is 19.6. The third kappa shape index (κ3) is 4.23. The molecular weight excluding hydrogens is 343 g/mol. The van der Waals surface area contributed by atoms with Crippen molar-refractivity contribution in [1.82, 2.24) is 0 Å². The lowest BCUT2D eigenvalue weighted by Gasteiger charge is -2.39. The number of aliphatic hydroxyl groups is 1. The predicted molar refractivity (Wildman–Crippen MR) is 103 cm³/mol. The molecule has 1 fully saturated rings. The maximum atomic E-state index is 14.3. The molecule has 27 heavy (non-hydrogen) atoms. The molecule has 0 aromatic heterocycles. The number of rotatable bonds is 5. The number of hydrogen-bond acceptors (Lipinski definition) is 4. The fraction of sp³-hybridized carbons (Fsp3) is 0.409. The molecule has 1 aliphatic heterocycles. The molecule has 1 saturated heterocycles. The lowest BCUT2D eigenvalue weighted by atomic mass is 9.99. The molecule has 2 atom stereocenters. The van der Waals surface area contributed by atoms with Crippen LogP contribution in [0.5, 0.6) is 5.75 Å². The van der Waals surface area contributed by atoms with Crippen LogP contribution in [0.25, 0.3) is 0 Å². The molecule has 0 radical (unpaired) electrons. The Balaban J connectivity index is 1.68. The van der Waals surface area contributed by atoms with Gasteiger partial charge in [0.05, 0.1) is 23.9 Å². The molecule has 1 heterocycles. The van der Waals surface area contributed by atoms with E-state index in [2.05, 4.69) is 13.8 Å². The highest BCUT2D eigenvalue weighted by molar-refractivity contribution is 5.52. The molecular formula is C22H25FN2O2. The zero-order valence-electron chi connectivity index (χ0n) is 15.8. The van der Waals surface area contributed by atoms with E-state index in [1.165, 1.54) is 6.07 Å². The maximum Gasteiger partial charge on any atom is 0.147 e. The highest BCUT2D eigenvalue weighted by atomic mass is 19.1. The van der Waals surface area contributed by atoms with Gasteiger partial charge in [0.25, 0.3) is 0 Å². The Morgan fingerprint density at radius 3 is 2.70 bits per heavy atom. The van der Waals surface area contributed by atoms with Crippen LogP contribution < -0.4 is 9.64 Å². The number of piperidine rings is 1. The number of anilines is 1. The van der Waals surface area contributed by atoms with Gasteiger partial charge in [0.15, 0.2) is 0 Å². The van der Waals surface area contributed by atoms with Crippen LogP contribution >= 0.6 is 0 Å². The first-order valence-electron chi connectivity index (χ1n) is 9.41. The Morgan fingerprint density at radius 2 is 2.07 bits per heavy atom. The fourth-order valence-electron chi connectivity index (χ4n) is 3.75. The van der Waals surface area contributed by atoms with Gasteiger partial charge in [-0.15, -0.1) is 0 Å². The number of hydrogen-bond donors (Lipinski definition) is 1. The van der Waals surface area contributed by atoms with Gasteiger partial charge < -0.3 is 14.7 Å². The summed E-state index contributed by atoms with van der Waals surface area (Å²) in [6.07, 6.45) is 2.51. The lowest BCUT2D eigenvalue weighted by Crippen LogP contribution is -2.44. The molecule has 5 heteroatoms. The number of halogens is 1. The second-order valence-corrected chi connectivity index (χ2v) is 7.03. The summed E-state index contributed by atoms with van der Waals surface area (Å²) in [4.78, 5) is 2.04. The summed E-state index contributed by atoms with van der Waals surface area (Å²) >= 11 is 0. The van der Waals surface area contributed by atoms with E-state index in [4.69, 9.17) is 10.00 Å². The number of nitriles is 1. The molecule has 2 unspecified atom stereocenters. The molecule has 0 bridgehead atoms. The molecule has 2 aromatic rings. The maximum absolute atomic E-state index is 14.3. The third-order valence-electron chi connectivity index (χ3n) is 5.25. The van der Waals surface area contributed by atoms with Gasteiger partial charge in [-0.1, -0.05) is 13.0 Å². The minimum Gasteiger partial charge on any atom is -0.490 e. The summed E-state index contributed by atoms with van der Waals surface area (Å²) in [6.45, 7) is 4.86. The summed E-state index contributed by atoms with van der Waals surface area (Å²) in [5, 5.41) is 18.3. The number of aliphatic hydroxyl groups excluding tert-OH is 1. The smallest absolute Gasteiger partial charge is 0.147 e. The predicted octanol–water partition coefficient (Wildman–Crippen LogP) is 4.19. The second-order valence-electron chi connectivity index (χ2n) is 7.03. The van der Waals surface area contributed by atoms with Crippen molar-refractivity contribution >= 4 is 5.69 Å². The van der Waals surface area contributed by atoms with E-state index in [9.17, 15) is 9.50 Å². The molecule has 3 rings (SSSR count). The number of benzene rings is 2. The van der Waals surface area contributed by atoms with Gasteiger partial charge in [-0.05, 0) is 54.8 Å². The van der Waals surface area contributed by atoms with Crippen LogP contribution in [0.4, 0.5) is 10.1 Å². The minimum atomic E-state index is -0.354. The molecule has 2 aromatic carbocycles. The van der Waals surface area contributed by atoms with Crippen molar-refractivity contribution in [3.05, 3.63) is 58.9 Å². The van der Waals surface area contributed by atoms with Gasteiger partial charge in [0.1, 0.15) is 17.7 Å². The Morgan fingerprint density at radius 1 is 1.26 bits per heavy atom. The summed E-state index contributed by atoms with van der Waals surface area (Å²) in [5.41, 5.74) is 2.91. The van der Waals surface area contributed by atoms with Crippen LogP contribution in [-0.4, -0.2) is 23.8 Å². The van der Waals surface area contributed by atoms with Gasteiger partial charge in [-0.2, -0.15) is 5.26 Å². The number of ether oxygens (including phenoxy) is 1. The minimum absolute atomic E-state index is 0.0367. The van der Waals surface area contributed by atoms with E-state index in [-0.39, 0.29) is 24.6 Å². The highest BCUT2D eigenvalue weighted by Crippen LogP contribution is 2.30. The van der Waals surface area contributed by atoms with Gasteiger partial charge in [-0.3, -0.25) is 0 Å². The van der Waals surface area contributed by atoms with Gasteiger partial charge in [-0.25, -0.2) is 4.39 Å². The van der Waals surface area contributed by atoms with Crippen molar-refractivity contribution in [3.63, 3.8) is 0 Å². The van der Waals surface area contributed by atoms with Crippen molar-refractivity contribution in [2.75, 3.05) is 11.4 Å². The van der Waals surface area contributed by atoms with E-state index >= 15 is 0 Å². The van der Waals surface area contributed by atoms with E-state index in [1.807, 2.05) is 29.2 Å². The van der Waals surface area contributed by atoms with Crippen LogP contribution in [0.2, 0.25) is 0 Å². The summed E-state index contributed by atoms with van der Waals surface area (Å²) in [6, 6.07) is 12.6. The van der Waals surface area contributed by atoms with Crippen LogP contribution in [0.3, 0.4) is 0 Å². The molecule has 4 nitrogen and oxygen atoms in total. The first-order chi connectivity index (χ1) is 13.0. The molecule has 1 aliphatic rings. The Kier molecular flexibility index (Phi) is 5.98. The van der Waals surface area contributed by atoms with Crippen molar-refractivity contribution in [2.24, 2.45) is 0 Å². The number of aryl methyl sites for hydroxylation is 1. The topological polar surface area (TPSA) is 56.5 Å². The highest BCUT2D eigenvalue weighted by Gasteiger charge is 2.28. The SMILES string of the molecule is CCc1cc(OC2CCN(c3ccc(C#N)cc3F)C(C)C2)ccc1CO. The second kappa shape index (κ2) is 8.41. The Bertz CT molecular complexity index is 847. The van der Waals surface area contributed by atoms with E-state index in [0.717, 1.165) is 36.1 Å². The van der Waals surface area contributed by atoms with Crippen LogP contribution in [0.1, 0.15) is 43.4 Å². The lowest BCUT2D eigenvalue weighted by molar-refractivity contribution is 0.155. The van der Waals surface area contributed by atoms with E-state index in [0.29, 0.717) is 17.8 Å². The van der Waals surface area contributed by atoms with E-state index in [1.54, 1.807) is 12.1 Å². The van der Waals surface area contributed by atoms with Gasteiger partial charge >= 0.3 is 0 Å². The molecule has 1 N–H and O–H groups in total. The van der Waals surface area contributed by atoms with Gasteiger partial charge in [0, 0.05) is 25.4 Å². The summed E-state index contributed by atoms with van der Waals surface area (Å²) in [5.74, 6) is 0.465. The zero-order valence-corrected chi connectivity index (χ0v) is 15.8. The molecule has 0 spiro atoms. The third-order valence-corrected chi connectivity index (χ3v) is 5.25. The van der Waals surface area contributed by atoms with Crippen molar-refractivity contribution < 1.29 is 14.2 Å². The average molecular weight is 368 g/mol. The van der Waals surface area contributed by atoms with Gasteiger partial charge in [0.2, 0.25) is 0 Å². The fourth-order valence-corrected chi connectivity index (χ4v) is 3.75. The molecule has 142 valence electrons. The molecule has 0 amide bonds. The van der Waals surface area contributed by atoms with Crippen molar-refractivity contribution in [2.45, 2.75) is 51.9 Å². The molecule has 0 aliphatic carbocycles. The zero-order chi connectivity index (χ0) is 19.4. The first-order valence-corrected chi connectivity index (χ1v) is 9.41. The largest absolute Gasteiger partial charge is 0.490 e. The molecule has 0 saturated carbocycles. The van der Waals surface area contributed by atoms with Crippen LogP contribution in [-0.2, 0) is 13.0 Å². The average Bonchev–Trinajstić information content (AvgIpc) is 2.68. The van der Waals surface area contributed by atoms with E-state index < -0.39 is 0 Å². The standard InChI is InChI=1S/C22H25FN2O2/c1-3-17-12-19(6-5-18(17)14-26)27-20-8-9-25(15(2)10-20)22-7-4-16(13-24)11-21(22)23/h4-7,11-12,15,20,26H,3,8-10,14H2,1-2H3. The Labute approximate surface area is 159 Å². The Hall–Kier alpha value is -2.58. The quantitative estimate of drug-likeness (QED) is 0.860. The summed E-state index contributed by atoms with van der Waals surface area (Å²) in [7, 11) is 0. The van der Waals surface area contributed by atoms with Crippen LogP contribution in [0.15, 0.2) is 36.4 Å². The summed E-state index contributed by atoms with van der Waals surface area (Å²) < 4.78 is 20.5. The van der Waals surface area contributed by atoms with Crippen LogP contribution in [0, 0.1) is 17.1 Å². The van der Waals surface area contributed by atoms with Crippen molar-refractivity contribution in [1.29, 1.82) is 5.26 Å². The van der Waals surface area contributed by atoms with Crippen molar-refractivity contribution in [3.8, 4) is 11.8 Å². The number of nitrogens with zero attached hydrogens (tertiary/aromatic N) is 2. The first kappa shape index (κ1) is 19.2.